The van der Waals surface area contributed by atoms with Gasteiger partial charge >= 0.3 is 5.97 Å². The van der Waals surface area contributed by atoms with Crippen molar-refractivity contribution in [1.29, 1.82) is 0 Å². The number of aryl methyl sites for hydroxylation is 1. The lowest BCUT2D eigenvalue weighted by molar-refractivity contribution is -0.141. The second-order valence-corrected chi connectivity index (χ2v) is 5.25. The van der Waals surface area contributed by atoms with Gasteiger partial charge in [0.05, 0.1) is 7.11 Å². The molecule has 0 aromatic heterocycles. The molecule has 0 saturated carbocycles. The first kappa shape index (κ1) is 17.0. The first-order valence-corrected chi connectivity index (χ1v) is 6.96. The van der Waals surface area contributed by atoms with Gasteiger partial charge in [0.15, 0.2) is 6.10 Å². The van der Waals surface area contributed by atoms with Crippen LogP contribution in [0.15, 0.2) is 18.2 Å². The molecule has 0 aliphatic rings. The van der Waals surface area contributed by atoms with E-state index >= 15 is 0 Å². The molecule has 0 bridgehead atoms. The number of hydrogen-bond donors (Lipinski definition) is 1. The fourth-order valence-corrected chi connectivity index (χ4v) is 1.84. The van der Waals surface area contributed by atoms with Crippen molar-refractivity contribution in [1.82, 2.24) is 5.32 Å². The third-order valence-electron chi connectivity index (χ3n) is 3.10. The monoisotopic (exact) mass is 293 g/mol. The van der Waals surface area contributed by atoms with Crippen molar-refractivity contribution in [3.05, 3.63) is 29.3 Å². The van der Waals surface area contributed by atoms with Gasteiger partial charge in [0.2, 0.25) is 0 Å². The molecular weight excluding hydrogens is 270 g/mol. The van der Waals surface area contributed by atoms with Crippen LogP contribution in [0.3, 0.4) is 0 Å². The molecule has 1 unspecified atom stereocenters. The maximum atomic E-state index is 11.9. The summed E-state index contributed by atoms with van der Waals surface area (Å²) in [5.74, 6) is 0.155. The minimum atomic E-state index is -0.686. The maximum Gasteiger partial charge on any atom is 0.325 e. The molecule has 1 N–H and O–H groups in total. The van der Waals surface area contributed by atoms with E-state index in [1.807, 2.05) is 25.1 Å². The molecule has 0 aliphatic heterocycles. The van der Waals surface area contributed by atoms with Crippen LogP contribution in [-0.4, -0.2) is 31.6 Å². The Balaban J connectivity index is 2.73. The molecule has 0 heterocycles. The summed E-state index contributed by atoms with van der Waals surface area (Å²) in [4.78, 5) is 22.9. The molecule has 116 valence electrons. The van der Waals surface area contributed by atoms with E-state index in [9.17, 15) is 9.59 Å². The van der Waals surface area contributed by atoms with Crippen molar-refractivity contribution in [2.24, 2.45) is 0 Å². The van der Waals surface area contributed by atoms with Crippen LogP contribution in [0.4, 0.5) is 0 Å². The van der Waals surface area contributed by atoms with Gasteiger partial charge in [0.25, 0.3) is 5.91 Å². The zero-order chi connectivity index (χ0) is 16.0. The smallest absolute Gasteiger partial charge is 0.325 e. The quantitative estimate of drug-likeness (QED) is 0.816. The average molecular weight is 293 g/mol. The predicted molar refractivity (Wildman–Crippen MR) is 80.4 cm³/mol. The van der Waals surface area contributed by atoms with Gasteiger partial charge in [-0.2, -0.15) is 0 Å². The van der Waals surface area contributed by atoms with Crippen LogP contribution < -0.4 is 10.1 Å². The first-order chi connectivity index (χ1) is 9.85. The number of esters is 1. The molecule has 1 atom stereocenters. The van der Waals surface area contributed by atoms with Crippen molar-refractivity contribution in [2.45, 2.75) is 39.7 Å². The van der Waals surface area contributed by atoms with E-state index in [0.29, 0.717) is 11.7 Å². The van der Waals surface area contributed by atoms with Gasteiger partial charge < -0.3 is 14.8 Å². The van der Waals surface area contributed by atoms with Crippen molar-refractivity contribution in [2.75, 3.05) is 13.7 Å². The van der Waals surface area contributed by atoms with E-state index in [1.165, 1.54) is 7.11 Å². The normalized spacial score (nSPS) is 11.9. The lowest BCUT2D eigenvalue weighted by atomic mass is 10.0. The number of benzene rings is 1. The molecule has 21 heavy (non-hydrogen) atoms. The molecule has 0 fully saturated rings. The minimum Gasteiger partial charge on any atom is -0.481 e. The van der Waals surface area contributed by atoms with E-state index in [2.05, 4.69) is 23.9 Å². The van der Waals surface area contributed by atoms with Crippen LogP contribution in [0.2, 0.25) is 0 Å². The summed E-state index contributed by atoms with van der Waals surface area (Å²) in [6.07, 6.45) is -0.686. The topological polar surface area (TPSA) is 64.6 Å². The number of carbonyl (C=O) groups is 2. The summed E-state index contributed by atoms with van der Waals surface area (Å²) >= 11 is 0. The number of carbonyl (C=O) groups excluding carboxylic acids is 2. The highest BCUT2D eigenvalue weighted by molar-refractivity contribution is 5.84. The highest BCUT2D eigenvalue weighted by Gasteiger charge is 2.18. The first-order valence-electron chi connectivity index (χ1n) is 6.96. The third kappa shape index (κ3) is 5.10. The molecular formula is C16H23NO4. The zero-order valence-corrected chi connectivity index (χ0v) is 13.2. The molecule has 5 heteroatoms. The summed E-state index contributed by atoms with van der Waals surface area (Å²) in [5.41, 5.74) is 2.12. The Kier molecular flexibility index (Phi) is 6.21. The van der Waals surface area contributed by atoms with E-state index in [4.69, 9.17) is 4.74 Å². The Hall–Kier alpha value is -2.04. The van der Waals surface area contributed by atoms with Crippen LogP contribution in [0.25, 0.3) is 0 Å². The van der Waals surface area contributed by atoms with Crippen molar-refractivity contribution in [3.8, 4) is 5.75 Å². The Bertz CT molecular complexity index is 511. The lowest BCUT2D eigenvalue weighted by Crippen LogP contribution is -2.39. The number of amides is 1. The van der Waals surface area contributed by atoms with Crippen molar-refractivity contribution in [3.63, 3.8) is 0 Å². The molecule has 1 rings (SSSR count). The number of hydrogen-bond acceptors (Lipinski definition) is 4. The molecule has 0 radical (unpaired) electrons. The molecule has 1 aromatic rings. The molecule has 0 spiro atoms. The van der Waals surface area contributed by atoms with Crippen LogP contribution >= 0.6 is 0 Å². The third-order valence-corrected chi connectivity index (χ3v) is 3.10. The average Bonchev–Trinajstić information content (AvgIpc) is 2.43. The number of ether oxygens (including phenoxy) is 2. The van der Waals surface area contributed by atoms with Crippen LogP contribution in [-0.2, 0) is 14.3 Å². The van der Waals surface area contributed by atoms with Gasteiger partial charge in [0, 0.05) is 0 Å². The van der Waals surface area contributed by atoms with Gasteiger partial charge in [0.1, 0.15) is 12.3 Å². The standard InChI is InChI=1S/C16H23NO4/c1-10(2)13-7-6-11(3)8-14(13)21-12(4)16(19)17-9-15(18)20-5/h6-8,10,12H,9H2,1-5H3,(H,17,19). The molecule has 0 saturated heterocycles. The van der Waals surface area contributed by atoms with Gasteiger partial charge in [-0.15, -0.1) is 0 Å². The SMILES string of the molecule is COC(=O)CNC(=O)C(C)Oc1cc(C)ccc1C(C)C. The summed E-state index contributed by atoms with van der Waals surface area (Å²) in [6.45, 7) is 7.60. The maximum absolute atomic E-state index is 11.9. The van der Waals surface area contributed by atoms with Crippen molar-refractivity contribution >= 4 is 11.9 Å². The summed E-state index contributed by atoms with van der Waals surface area (Å²) in [6, 6.07) is 5.94. The fourth-order valence-electron chi connectivity index (χ4n) is 1.84. The van der Waals surface area contributed by atoms with Gasteiger partial charge in [-0.25, -0.2) is 0 Å². The van der Waals surface area contributed by atoms with Crippen LogP contribution in [0.5, 0.6) is 5.75 Å². The zero-order valence-electron chi connectivity index (χ0n) is 13.2. The highest BCUT2D eigenvalue weighted by Crippen LogP contribution is 2.28. The number of rotatable bonds is 6. The van der Waals surface area contributed by atoms with Gasteiger partial charge in [-0.05, 0) is 37.0 Å². The highest BCUT2D eigenvalue weighted by atomic mass is 16.5. The fraction of sp³-hybridized carbons (Fsp3) is 0.500. The van der Waals surface area contributed by atoms with E-state index in [-0.39, 0.29) is 12.5 Å². The van der Waals surface area contributed by atoms with Crippen molar-refractivity contribution < 1.29 is 19.1 Å². The Morgan fingerprint density at radius 1 is 1.24 bits per heavy atom. The largest absolute Gasteiger partial charge is 0.481 e. The van der Waals surface area contributed by atoms with Gasteiger partial charge in [-0.1, -0.05) is 26.0 Å². The Labute approximate surface area is 125 Å². The van der Waals surface area contributed by atoms with E-state index < -0.39 is 12.1 Å². The molecule has 0 aliphatic carbocycles. The predicted octanol–water partition coefficient (Wildman–Crippen LogP) is 2.17. The Morgan fingerprint density at radius 3 is 2.48 bits per heavy atom. The molecule has 5 nitrogen and oxygen atoms in total. The van der Waals surface area contributed by atoms with E-state index in [0.717, 1.165) is 11.1 Å². The summed E-state index contributed by atoms with van der Waals surface area (Å²) < 4.78 is 10.2. The Morgan fingerprint density at radius 2 is 1.90 bits per heavy atom. The van der Waals surface area contributed by atoms with Crippen LogP contribution in [0.1, 0.15) is 37.8 Å². The van der Waals surface area contributed by atoms with E-state index in [1.54, 1.807) is 6.92 Å². The summed E-state index contributed by atoms with van der Waals surface area (Å²) in [7, 11) is 1.27. The summed E-state index contributed by atoms with van der Waals surface area (Å²) in [5, 5.41) is 2.48. The number of methoxy groups -OCH3 is 1. The van der Waals surface area contributed by atoms with Crippen LogP contribution in [0, 0.1) is 6.92 Å². The molecule has 1 aromatic carbocycles. The lowest BCUT2D eigenvalue weighted by Gasteiger charge is -2.19. The second kappa shape index (κ2) is 7.67. The number of nitrogens with one attached hydrogen (secondary N) is 1. The second-order valence-electron chi connectivity index (χ2n) is 5.25. The molecule has 1 amide bonds. The minimum absolute atomic E-state index is 0.159. The van der Waals surface area contributed by atoms with Gasteiger partial charge in [-0.3, -0.25) is 9.59 Å².